The molecule has 0 fully saturated rings. The van der Waals surface area contributed by atoms with Crippen LogP contribution in [0.2, 0.25) is 0 Å². The fourth-order valence-electron chi connectivity index (χ4n) is 2.02. The Morgan fingerprint density at radius 3 is 2.25 bits per heavy atom. The van der Waals surface area contributed by atoms with Crippen molar-refractivity contribution in [1.82, 2.24) is 0 Å². The fourth-order valence-corrected chi connectivity index (χ4v) is 2.02. The minimum absolute atomic E-state index is 0.132. The van der Waals surface area contributed by atoms with Crippen molar-refractivity contribution in [2.45, 2.75) is 32.9 Å². The maximum absolute atomic E-state index is 9.33. The first-order chi connectivity index (χ1) is 9.56. The van der Waals surface area contributed by atoms with Crippen LogP contribution in [0.1, 0.15) is 32.4 Å². The van der Waals surface area contributed by atoms with Crippen LogP contribution >= 0.6 is 0 Å². The zero-order valence-electron chi connectivity index (χ0n) is 12.1. The molecule has 2 rings (SSSR count). The number of para-hydroxylation sites is 2. The van der Waals surface area contributed by atoms with Crippen molar-refractivity contribution in [2.75, 3.05) is 5.32 Å². The van der Waals surface area contributed by atoms with Crippen molar-refractivity contribution in [3.8, 4) is 11.5 Å². The number of hydrogen-bond acceptors (Lipinski definition) is 3. The zero-order valence-corrected chi connectivity index (χ0v) is 12.1. The van der Waals surface area contributed by atoms with E-state index < -0.39 is 0 Å². The largest absolute Gasteiger partial charge is 0.508 e. The number of phenolic OH excluding ortho intramolecular Hbond substituents is 1. The van der Waals surface area contributed by atoms with Gasteiger partial charge in [0.05, 0.1) is 11.8 Å². The number of hydrogen-bond donors (Lipinski definition) is 2. The molecule has 3 heteroatoms. The van der Waals surface area contributed by atoms with E-state index in [9.17, 15) is 5.11 Å². The first-order valence-electron chi connectivity index (χ1n) is 6.87. The Morgan fingerprint density at radius 1 is 0.950 bits per heavy atom. The Bertz CT molecular complexity index is 549. The highest BCUT2D eigenvalue weighted by Crippen LogP contribution is 2.29. The molecule has 0 radical (unpaired) electrons. The molecule has 20 heavy (non-hydrogen) atoms. The van der Waals surface area contributed by atoms with E-state index >= 15 is 0 Å². The van der Waals surface area contributed by atoms with Crippen LogP contribution in [0.15, 0.2) is 48.5 Å². The third-order valence-electron chi connectivity index (χ3n) is 3.01. The molecule has 0 saturated carbocycles. The zero-order chi connectivity index (χ0) is 14.5. The van der Waals surface area contributed by atoms with Gasteiger partial charge in [0, 0.05) is 6.04 Å². The Labute approximate surface area is 120 Å². The van der Waals surface area contributed by atoms with Crippen LogP contribution in [0.3, 0.4) is 0 Å². The number of rotatable bonds is 5. The summed E-state index contributed by atoms with van der Waals surface area (Å²) < 4.78 is 5.80. The lowest BCUT2D eigenvalue weighted by Gasteiger charge is -2.20. The second-order valence-electron chi connectivity index (χ2n) is 5.12. The third-order valence-corrected chi connectivity index (χ3v) is 3.01. The van der Waals surface area contributed by atoms with Crippen LogP contribution in [0, 0.1) is 0 Å². The quantitative estimate of drug-likeness (QED) is 0.849. The van der Waals surface area contributed by atoms with Crippen molar-refractivity contribution in [3.05, 3.63) is 54.1 Å². The standard InChI is InChI=1S/C17H21NO2/c1-12(2)20-17-7-5-4-6-16(17)18-13(3)14-8-10-15(19)11-9-14/h4-13,18-19H,1-3H3. The van der Waals surface area contributed by atoms with E-state index in [1.807, 2.05) is 50.2 Å². The molecular weight excluding hydrogens is 250 g/mol. The van der Waals surface area contributed by atoms with Gasteiger partial charge in [0.1, 0.15) is 11.5 Å². The van der Waals surface area contributed by atoms with E-state index in [-0.39, 0.29) is 17.9 Å². The molecule has 2 aromatic rings. The van der Waals surface area contributed by atoms with Gasteiger partial charge in [0.2, 0.25) is 0 Å². The summed E-state index contributed by atoms with van der Waals surface area (Å²) in [4.78, 5) is 0. The van der Waals surface area contributed by atoms with E-state index in [1.165, 1.54) is 0 Å². The third kappa shape index (κ3) is 3.67. The summed E-state index contributed by atoms with van der Waals surface area (Å²) in [6.07, 6.45) is 0.141. The summed E-state index contributed by atoms with van der Waals surface area (Å²) in [5.74, 6) is 1.14. The molecule has 1 atom stereocenters. The minimum atomic E-state index is 0.132. The van der Waals surface area contributed by atoms with Gasteiger partial charge >= 0.3 is 0 Å². The average Bonchev–Trinajstić information content (AvgIpc) is 2.41. The SMILES string of the molecule is CC(C)Oc1ccccc1NC(C)c1ccc(O)cc1. The van der Waals surface area contributed by atoms with Gasteiger partial charge in [-0.1, -0.05) is 24.3 Å². The van der Waals surface area contributed by atoms with Gasteiger partial charge in [0.15, 0.2) is 0 Å². The summed E-state index contributed by atoms with van der Waals surface area (Å²) in [5, 5.41) is 12.8. The van der Waals surface area contributed by atoms with Crippen LogP contribution in [0.5, 0.6) is 11.5 Å². The van der Waals surface area contributed by atoms with E-state index in [1.54, 1.807) is 12.1 Å². The lowest BCUT2D eigenvalue weighted by atomic mass is 10.1. The van der Waals surface area contributed by atoms with E-state index in [0.717, 1.165) is 17.0 Å². The van der Waals surface area contributed by atoms with Gasteiger partial charge in [0.25, 0.3) is 0 Å². The van der Waals surface area contributed by atoms with Gasteiger partial charge in [-0.3, -0.25) is 0 Å². The van der Waals surface area contributed by atoms with Gasteiger partial charge in [-0.05, 0) is 50.6 Å². The minimum Gasteiger partial charge on any atom is -0.508 e. The maximum atomic E-state index is 9.33. The second kappa shape index (κ2) is 6.33. The molecule has 0 spiro atoms. The Hall–Kier alpha value is -2.16. The molecule has 106 valence electrons. The normalized spacial score (nSPS) is 12.2. The highest BCUT2D eigenvalue weighted by atomic mass is 16.5. The highest BCUT2D eigenvalue weighted by Gasteiger charge is 2.09. The number of anilines is 1. The Kier molecular flexibility index (Phi) is 4.51. The summed E-state index contributed by atoms with van der Waals surface area (Å²) in [6, 6.07) is 15.3. The average molecular weight is 271 g/mol. The van der Waals surface area contributed by atoms with Gasteiger partial charge < -0.3 is 15.2 Å². The Balaban J connectivity index is 2.15. The molecule has 2 aromatic carbocycles. The van der Waals surface area contributed by atoms with Crippen molar-refractivity contribution in [3.63, 3.8) is 0 Å². The number of ether oxygens (including phenoxy) is 1. The van der Waals surface area contributed by atoms with Crippen LogP contribution in [-0.4, -0.2) is 11.2 Å². The molecule has 0 heterocycles. The second-order valence-corrected chi connectivity index (χ2v) is 5.12. The maximum Gasteiger partial charge on any atom is 0.142 e. The molecule has 2 N–H and O–H groups in total. The fraction of sp³-hybridized carbons (Fsp3) is 0.294. The molecule has 0 saturated heterocycles. The lowest BCUT2D eigenvalue weighted by molar-refractivity contribution is 0.243. The number of phenols is 1. The lowest BCUT2D eigenvalue weighted by Crippen LogP contribution is -2.11. The van der Waals surface area contributed by atoms with Crippen molar-refractivity contribution in [1.29, 1.82) is 0 Å². The first kappa shape index (κ1) is 14.3. The molecule has 0 aliphatic rings. The van der Waals surface area contributed by atoms with E-state index in [2.05, 4.69) is 12.2 Å². The van der Waals surface area contributed by atoms with Gasteiger partial charge in [-0.2, -0.15) is 0 Å². The molecule has 0 aliphatic heterocycles. The smallest absolute Gasteiger partial charge is 0.142 e. The summed E-state index contributed by atoms with van der Waals surface area (Å²) in [6.45, 7) is 6.11. The van der Waals surface area contributed by atoms with Gasteiger partial charge in [-0.25, -0.2) is 0 Å². The number of aromatic hydroxyl groups is 1. The summed E-state index contributed by atoms with van der Waals surface area (Å²) in [7, 11) is 0. The topological polar surface area (TPSA) is 41.5 Å². The summed E-state index contributed by atoms with van der Waals surface area (Å²) in [5.41, 5.74) is 2.09. The molecule has 1 unspecified atom stereocenters. The van der Waals surface area contributed by atoms with E-state index in [4.69, 9.17) is 4.74 Å². The molecular formula is C17H21NO2. The monoisotopic (exact) mass is 271 g/mol. The number of benzene rings is 2. The van der Waals surface area contributed by atoms with E-state index in [0.29, 0.717) is 0 Å². The predicted molar refractivity (Wildman–Crippen MR) is 82.4 cm³/mol. The molecule has 0 amide bonds. The van der Waals surface area contributed by atoms with Crippen LogP contribution < -0.4 is 10.1 Å². The van der Waals surface area contributed by atoms with Crippen LogP contribution in [0.25, 0.3) is 0 Å². The predicted octanol–water partition coefficient (Wildman–Crippen LogP) is 4.35. The Morgan fingerprint density at radius 2 is 1.60 bits per heavy atom. The first-order valence-corrected chi connectivity index (χ1v) is 6.87. The van der Waals surface area contributed by atoms with Gasteiger partial charge in [-0.15, -0.1) is 0 Å². The molecule has 0 bridgehead atoms. The molecule has 3 nitrogen and oxygen atoms in total. The van der Waals surface area contributed by atoms with Crippen molar-refractivity contribution in [2.24, 2.45) is 0 Å². The molecule has 0 aliphatic carbocycles. The summed E-state index contributed by atoms with van der Waals surface area (Å²) >= 11 is 0. The van der Waals surface area contributed by atoms with Crippen LogP contribution in [0.4, 0.5) is 5.69 Å². The van der Waals surface area contributed by atoms with Crippen LogP contribution in [-0.2, 0) is 0 Å². The molecule has 0 aromatic heterocycles. The highest BCUT2D eigenvalue weighted by molar-refractivity contribution is 5.57. The number of nitrogens with one attached hydrogen (secondary N) is 1. The van der Waals surface area contributed by atoms with Crippen molar-refractivity contribution >= 4 is 5.69 Å². The van der Waals surface area contributed by atoms with Crippen molar-refractivity contribution < 1.29 is 9.84 Å².